The summed E-state index contributed by atoms with van der Waals surface area (Å²) in [4.78, 5) is 0. The van der Waals surface area contributed by atoms with Gasteiger partial charge in [0.1, 0.15) is 18.8 Å². The first-order valence-electron chi connectivity index (χ1n) is 8.60. The summed E-state index contributed by atoms with van der Waals surface area (Å²) in [6, 6.07) is 4.31. The molecule has 25 heavy (non-hydrogen) atoms. The Morgan fingerprint density at radius 2 is 2.04 bits per heavy atom. The minimum Gasteiger partial charge on any atom is -1.00 e. The van der Waals surface area contributed by atoms with Gasteiger partial charge in [-0.25, -0.2) is 4.52 Å². The van der Waals surface area contributed by atoms with Crippen molar-refractivity contribution in [1.82, 2.24) is 9.61 Å². The fraction of sp³-hybridized carbons (Fsp3) is 0.588. The van der Waals surface area contributed by atoms with E-state index < -0.39 is 0 Å². The van der Waals surface area contributed by atoms with Gasteiger partial charge >= 0.3 is 0 Å². The average molecular weight is 388 g/mol. The largest absolute Gasteiger partial charge is 1.00 e. The third-order valence-corrected chi connectivity index (χ3v) is 5.38. The first kappa shape index (κ1) is 20.1. The Labute approximate surface area is 161 Å². The molecule has 0 amide bonds. The normalized spacial score (nSPS) is 18.3. The quantitative estimate of drug-likeness (QED) is 0.641. The topological polar surface area (TPSA) is 64.6 Å². The molecule has 4 rings (SSSR count). The Morgan fingerprint density at radius 3 is 2.80 bits per heavy atom. The van der Waals surface area contributed by atoms with Crippen LogP contribution in [-0.2, 0) is 17.6 Å². The molecule has 0 aromatic carbocycles. The summed E-state index contributed by atoms with van der Waals surface area (Å²) in [6.45, 7) is 5.82. The van der Waals surface area contributed by atoms with Crippen molar-refractivity contribution in [3.8, 4) is 0 Å². The second-order valence-electron chi connectivity index (χ2n) is 7.05. The van der Waals surface area contributed by atoms with Gasteiger partial charge in [-0.15, -0.1) is 17.5 Å². The van der Waals surface area contributed by atoms with E-state index in [9.17, 15) is 0 Å². The monoisotopic (exact) mass is 387 g/mol. The van der Waals surface area contributed by atoms with Crippen LogP contribution in [0.5, 0.6) is 0 Å². The maximum atomic E-state index is 6.31. The second-order valence-corrected chi connectivity index (χ2v) is 7.05. The number of hydrogen-bond donors (Lipinski definition) is 2. The molecule has 0 radical (unpaired) electrons. The molecule has 0 unspecified atom stereocenters. The summed E-state index contributed by atoms with van der Waals surface area (Å²) in [5.41, 5.74) is 10.9. The number of nitrogens with two attached hydrogens (primary N) is 1. The van der Waals surface area contributed by atoms with Crippen molar-refractivity contribution in [2.45, 2.75) is 19.3 Å². The molecule has 3 heterocycles. The number of rotatable bonds is 4. The lowest BCUT2D eigenvalue weighted by atomic mass is 10.2. The van der Waals surface area contributed by atoms with Crippen LogP contribution in [0.4, 0.5) is 11.5 Å². The van der Waals surface area contributed by atoms with E-state index in [1.807, 2.05) is 4.52 Å². The number of aromatic nitrogens is 2. The van der Waals surface area contributed by atoms with Crippen molar-refractivity contribution < 1.29 is 21.6 Å². The molecule has 0 spiro atoms. The lowest BCUT2D eigenvalue weighted by Crippen LogP contribution is -3.00. The zero-order valence-corrected chi connectivity index (χ0v) is 16.2. The highest BCUT2D eigenvalue weighted by atomic mass is 35.5. The van der Waals surface area contributed by atoms with E-state index in [0.717, 1.165) is 73.7 Å². The SMILES string of the molecule is C[N+]1(CCNc2nn3c4c(ccc3c2N)CCC4)CCOCC1.Cl.[Cl-]. The minimum absolute atomic E-state index is 0. The van der Waals surface area contributed by atoms with Crippen LogP contribution in [-0.4, -0.2) is 60.5 Å². The van der Waals surface area contributed by atoms with Crippen molar-refractivity contribution in [1.29, 1.82) is 0 Å². The van der Waals surface area contributed by atoms with Crippen molar-refractivity contribution in [3.05, 3.63) is 23.4 Å². The Morgan fingerprint density at radius 1 is 1.28 bits per heavy atom. The first-order chi connectivity index (χ1) is 11.2. The number of nitrogens with zero attached hydrogens (tertiary/aromatic N) is 3. The predicted octanol–water partition coefficient (Wildman–Crippen LogP) is -1.28. The molecule has 0 saturated carbocycles. The number of fused-ring (bicyclic) bond motifs is 3. The van der Waals surface area contributed by atoms with E-state index in [1.54, 1.807) is 0 Å². The number of aryl methyl sites for hydroxylation is 2. The molecule has 2 aliphatic rings. The third kappa shape index (κ3) is 3.82. The number of morpholine rings is 1. The fourth-order valence-corrected chi connectivity index (χ4v) is 3.74. The molecule has 1 aliphatic heterocycles. The Bertz CT molecular complexity index is 727. The Kier molecular flexibility index (Phi) is 6.43. The Hall–Kier alpha value is -1.21. The molecule has 3 N–H and O–H groups in total. The summed E-state index contributed by atoms with van der Waals surface area (Å²) < 4.78 is 8.56. The van der Waals surface area contributed by atoms with Gasteiger partial charge in [0.25, 0.3) is 0 Å². The van der Waals surface area contributed by atoms with Crippen LogP contribution in [0.3, 0.4) is 0 Å². The van der Waals surface area contributed by atoms with Crippen LogP contribution in [0.15, 0.2) is 12.1 Å². The lowest BCUT2D eigenvalue weighted by Gasteiger charge is -2.37. The van der Waals surface area contributed by atoms with E-state index in [4.69, 9.17) is 15.6 Å². The highest BCUT2D eigenvalue weighted by Crippen LogP contribution is 2.29. The molecule has 2 aromatic heterocycles. The van der Waals surface area contributed by atoms with Crippen LogP contribution in [0.1, 0.15) is 17.7 Å². The standard InChI is InChI=1S/C17H26N5O.2ClH/c1-22(9-11-23-12-10-22)8-7-19-17-16(18)15-6-5-13-3-2-4-14(13)21(15)20-17;;/h5-6H,2-4,7-12,18H2,1H3,(H,19,20);2*1H/q+1;;/p-1. The van der Waals surface area contributed by atoms with Crippen molar-refractivity contribution in [2.75, 3.05) is 57.5 Å². The van der Waals surface area contributed by atoms with Gasteiger partial charge < -0.3 is 32.7 Å². The highest BCUT2D eigenvalue weighted by molar-refractivity contribution is 5.85. The number of likely N-dealkylation sites (N-methyl/N-ethyl adjacent to an activating group) is 1. The number of pyridine rings is 1. The number of nitrogen functional groups attached to an aromatic ring is 1. The number of ether oxygens (including phenoxy) is 1. The van der Waals surface area contributed by atoms with Gasteiger partial charge in [0, 0.05) is 5.69 Å². The molecule has 1 saturated heterocycles. The van der Waals surface area contributed by atoms with Crippen molar-refractivity contribution in [2.24, 2.45) is 0 Å². The average Bonchev–Trinajstić information content (AvgIpc) is 3.13. The fourth-order valence-electron chi connectivity index (χ4n) is 3.74. The molecule has 1 fully saturated rings. The molecule has 8 heteroatoms. The molecular weight excluding hydrogens is 361 g/mol. The van der Waals surface area contributed by atoms with Gasteiger partial charge in [-0.3, -0.25) is 0 Å². The minimum atomic E-state index is 0. The van der Waals surface area contributed by atoms with E-state index in [-0.39, 0.29) is 24.8 Å². The van der Waals surface area contributed by atoms with Crippen molar-refractivity contribution >= 4 is 29.4 Å². The Balaban J connectivity index is 0.00000113. The predicted molar refractivity (Wildman–Crippen MR) is 99.0 cm³/mol. The van der Waals surface area contributed by atoms with Crippen LogP contribution >= 0.6 is 12.4 Å². The summed E-state index contributed by atoms with van der Waals surface area (Å²) in [6.07, 6.45) is 3.47. The molecule has 1 aliphatic carbocycles. The van der Waals surface area contributed by atoms with Gasteiger partial charge in [-0.05, 0) is 30.9 Å². The maximum absolute atomic E-state index is 6.31. The number of hydrogen-bond acceptors (Lipinski definition) is 4. The van der Waals surface area contributed by atoms with Crippen LogP contribution in [0, 0.1) is 0 Å². The van der Waals surface area contributed by atoms with Crippen molar-refractivity contribution in [3.63, 3.8) is 0 Å². The first-order valence-corrected chi connectivity index (χ1v) is 8.60. The zero-order valence-electron chi connectivity index (χ0n) is 14.6. The van der Waals surface area contributed by atoms with E-state index in [1.165, 1.54) is 17.7 Å². The highest BCUT2D eigenvalue weighted by Gasteiger charge is 2.25. The van der Waals surface area contributed by atoms with Gasteiger partial charge in [0.05, 0.1) is 38.9 Å². The maximum Gasteiger partial charge on any atom is 0.172 e. The number of halogens is 2. The molecular formula is C17H27Cl2N5O. The lowest BCUT2D eigenvalue weighted by molar-refractivity contribution is -0.915. The van der Waals surface area contributed by atoms with Crippen LogP contribution in [0.25, 0.3) is 5.52 Å². The van der Waals surface area contributed by atoms with E-state index >= 15 is 0 Å². The summed E-state index contributed by atoms with van der Waals surface area (Å²) in [5.74, 6) is 0.824. The number of anilines is 2. The number of quaternary nitrogens is 1. The molecule has 2 aromatic rings. The van der Waals surface area contributed by atoms with E-state index in [0.29, 0.717) is 0 Å². The zero-order chi connectivity index (χ0) is 15.9. The molecule has 0 bridgehead atoms. The van der Waals surface area contributed by atoms with Gasteiger partial charge in [-0.1, -0.05) is 6.07 Å². The second kappa shape index (κ2) is 7.99. The van der Waals surface area contributed by atoms with Gasteiger partial charge in [0.15, 0.2) is 5.82 Å². The molecule has 140 valence electrons. The smallest absolute Gasteiger partial charge is 0.172 e. The van der Waals surface area contributed by atoms with Crippen LogP contribution in [0.2, 0.25) is 0 Å². The van der Waals surface area contributed by atoms with Gasteiger partial charge in [-0.2, -0.15) is 0 Å². The van der Waals surface area contributed by atoms with E-state index in [2.05, 4.69) is 24.5 Å². The summed E-state index contributed by atoms with van der Waals surface area (Å²) in [7, 11) is 2.30. The van der Waals surface area contributed by atoms with Crippen LogP contribution < -0.4 is 23.5 Å². The summed E-state index contributed by atoms with van der Waals surface area (Å²) in [5, 5.41) is 8.19. The molecule has 0 atom stereocenters. The third-order valence-electron chi connectivity index (χ3n) is 5.38. The number of nitrogens with one attached hydrogen (secondary N) is 1. The summed E-state index contributed by atoms with van der Waals surface area (Å²) >= 11 is 0. The van der Waals surface area contributed by atoms with Gasteiger partial charge in [0.2, 0.25) is 0 Å². The molecule has 6 nitrogen and oxygen atoms in total.